The molecule has 0 bridgehead atoms. The summed E-state index contributed by atoms with van der Waals surface area (Å²) in [7, 11) is -3.89. The Hall–Kier alpha value is -4.42. The van der Waals surface area contributed by atoms with Crippen molar-refractivity contribution in [1.82, 2.24) is 19.9 Å². The van der Waals surface area contributed by atoms with Crippen LogP contribution in [0.2, 0.25) is 0 Å². The number of anilines is 3. The van der Waals surface area contributed by atoms with Crippen LogP contribution in [0.5, 0.6) is 0 Å². The molecule has 0 saturated heterocycles. The van der Waals surface area contributed by atoms with Crippen molar-refractivity contribution in [3.63, 3.8) is 0 Å². The quantitative estimate of drug-likeness (QED) is 0.242. The molecule has 3 aromatic heterocycles. The molecular weight excluding hydrogens is 536 g/mol. The van der Waals surface area contributed by atoms with Crippen LogP contribution in [0.4, 0.5) is 17.5 Å². The van der Waals surface area contributed by atoms with E-state index in [4.69, 9.17) is 4.74 Å². The highest BCUT2D eigenvalue weighted by molar-refractivity contribution is 7.92. The third-order valence-electron chi connectivity index (χ3n) is 5.76. The first-order valence-corrected chi connectivity index (χ1v) is 14.2. The maximum absolute atomic E-state index is 12.8. The summed E-state index contributed by atoms with van der Waals surface area (Å²) < 4.78 is 33.6. The molecule has 12 heteroatoms. The van der Waals surface area contributed by atoms with Crippen molar-refractivity contribution in [1.29, 1.82) is 0 Å². The van der Waals surface area contributed by atoms with E-state index in [1.165, 1.54) is 29.8 Å². The van der Waals surface area contributed by atoms with E-state index in [1.807, 2.05) is 37.3 Å². The van der Waals surface area contributed by atoms with Gasteiger partial charge < -0.3 is 10.1 Å². The minimum Gasteiger partial charge on any atom is -0.457 e. The van der Waals surface area contributed by atoms with Crippen LogP contribution in [-0.4, -0.2) is 34.3 Å². The number of aryl methyl sites for hydroxylation is 3. The predicted octanol–water partition coefficient (Wildman–Crippen LogP) is 5.31. The van der Waals surface area contributed by atoms with Gasteiger partial charge in [0.15, 0.2) is 0 Å². The molecule has 198 valence electrons. The lowest BCUT2D eigenvalue weighted by Crippen LogP contribution is -2.15. The molecule has 0 aliphatic carbocycles. The van der Waals surface area contributed by atoms with Crippen LogP contribution < -0.4 is 10.0 Å². The van der Waals surface area contributed by atoms with E-state index in [-0.39, 0.29) is 17.5 Å². The summed E-state index contributed by atoms with van der Waals surface area (Å²) in [6, 6.07) is 17.4. The number of nitrogens with one attached hydrogen (secondary N) is 2. The predicted molar refractivity (Wildman–Crippen MR) is 150 cm³/mol. The summed E-state index contributed by atoms with van der Waals surface area (Å²) >= 11 is 1.24. The minimum atomic E-state index is -3.89. The fourth-order valence-corrected chi connectivity index (χ4v) is 5.94. The molecule has 0 saturated carbocycles. The third-order valence-corrected chi connectivity index (χ3v) is 8.28. The van der Waals surface area contributed by atoms with E-state index < -0.39 is 16.0 Å². The van der Waals surface area contributed by atoms with Gasteiger partial charge >= 0.3 is 5.97 Å². The van der Waals surface area contributed by atoms with Crippen LogP contribution >= 0.6 is 11.3 Å². The SMILES string of the molecule is Cc1cc(C)nc(NS(=O)(=O)c2ccc(Nc3ncnc4sc(C(=O)OCc5ccccc5)c(C)c34)cc2)n1. The maximum Gasteiger partial charge on any atom is 0.349 e. The number of thiophene rings is 1. The van der Waals surface area contributed by atoms with Gasteiger partial charge in [-0.05, 0) is 62.2 Å². The lowest BCUT2D eigenvalue weighted by Gasteiger charge is -2.10. The number of fused-ring (bicyclic) bond motifs is 1. The average molecular weight is 561 g/mol. The van der Waals surface area contributed by atoms with Crippen molar-refractivity contribution in [3.05, 3.63) is 94.4 Å². The van der Waals surface area contributed by atoms with E-state index >= 15 is 0 Å². The summed E-state index contributed by atoms with van der Waals surface area (Å²) in [5, 5.41) is 3.90. The van der Waals surface area contributed by atoms with Crippen LogP contribution in [0.15, 0.2) is 71.9 Å². The molecule has 39 heavy (non-hydrogen) atoms. The van der Waals surface area contributed by atoms with Gasteiger partial charge in [-0.2, -0.15) is 0 Å². The summed E-state index contributed by atoms with van der Waals surface area (Å²) in [6.07, 6.45) is 1.41. The molecule has 5 aromatic rings. The van der Waals surface area contributed by atoms with E-state index in [9.17, 15) is 13.2 Å². The average Bonchev–Trinajstić information content (AvgIpc) is 3.24. The standard InChI is InChI=1S/C27H24N6O4S2/c1-16-13-17(2)31-27(30-16)33-39(35,36)21-11-9-20(10-12-21)32-24-22-18(3)23(38-25(22)29-15-28-24)26(34)37-14-19-7-5-4-6-8-19/h4-13,15H,14H2,1-3H3,(H,28,29,32)(H,30,31,33). The van der Waals surface area contributed by atoms with E-state index in [2.05, 4.69) is 30.0 Å². The Morgan fingerprint density at radius 2 is 1.64 bits per heavy atom. The van der Waals surface area contributed by atoms with Crippen LogP contribution in [0.1, 0.15) is 32.2 Å². The van der Waals surface area contributed by atoms with Crippen molar-refractivity contribution < 1.29 is 17.9 Å². The highest BCUT2D eigenvalue weighted by Gasteiger charge is 2.21. The zero-order chi connectivity index (χ0) is 27.6. The van der Waals surface area contributed by atoms with E-state index in [1.54, 1.807) is 32.0 Å². The molecule has 0 aliphatic heterocycles. The molecule has 5 rings (SSSR count). The second-order valence-electron chi connectivity index (χ2n) is 8.75. The molecule has 0 amide bonds. The van der Waals surface area contributed by atoms with Crippen molar-refractivity contribution >= 4 is 55.0 Å². The number of hydrogen-bond acceptors (Lipinski definition) is 10. The molecular formula is C27H24N6O4S2. The molecule has 0 aliphatic rings. The molecule has 0 unspecified atom stereocenters. The Morgan fingerprint density at radius 3 is 2.33 bits per heavy atom. The second-order valence-corrected chi connectivity index (χ2v) is 11.4. The largest absolute Gasteiger partial charge is 0.457 e. The van der Waals surface area contributed by atoms with Gasteiger partial charge in [0.05, 0.1) is 10.3 Å². The first kappa shape index (κ1) is 26.2. The number of carbonyl (C=O) groups is 1. The Bertz CT molecular complexity index is 1750. The van der Waals surface area contributed by atoms with Gasteiger partial charge in [0.1, 0.15) is 28.5 Å². The van der Waals surface area contributed by atoms with Crippen molar-refractivity contribution in [3.8, 4) is 0 Å². The van der Waals surface area contributed by atoms with E-state index in [0.29, 0.717) is 43.6 Å². The van der Waals surface area contributed by atoms with Crippen molar-refractivity contribution in [2.24, 2.45) is 0 Å². The first-order valence-electron chi connectivity index (χ1n) is 11.9. The van der Waals surface area contributed by atoms with Gasteiger partial charge in [-0.3, -0.25) is 0 Å². The number of ether oxygens (including phenoxy) is 1. The molecule has 0 radical (unpaired) electrons. The normalized spacial score (nSPS) is 11.4. The summed E-state index contributed by atoms with van der Waals surface area (Å²) in [5.41, 5.74) is 3.52. The zero-order valence-corrected chi connectivity index (χ0v) is 22.9. The fraction of sp³-hybridized carbons (Fsp3) is 0.148. The Kier molecular flexibility index (Phi) is 7.22. The highest BCUT2D eigenvalue weighted by Crippen LogP contribution is 2.35. The fourth-order valence-electron chi connectivity index (χ4n) is 3.95. The van der Waals surface area contributed by atoms with Crippen molar-refractivity contribution in [2.75, 3.05) is 10.0 Å². The van der Waals surface area contributed by atoms with Crippen LogP contribution in [0.25, 0.3) is 10.2 Å². The lowest BCUT2D eigenvalue weighted by atomic mass is 10.2. The monoisotopic (exact) mass is 560 g/mol. The minimum absolute atomic E-state index is 0.0177. The smallest absolute Gasteiger partial charge is 0.349 e. The number of sulfonamides is 1. The van der Waals surface area contributed by atoms with Gasteiger partial charge in [0, 0.05) is 17.1 Å². The summed E-state index contributed by atoms with van der Waals surface area (Å²) in [6.45, 7) is 5.53. The maximum atomic E-state index is 12.8. The summed E-state index contributed by atoms with van der Waals surface area (Å²) in [5.74, 6) is 0.0810. The second kappa shape index (κ2) is 10.8. The first-order chi connectivity index (χ1) is 18.7. The molecule has 0 spiro atoms. The molecule has 0 fully saturated rings. The topological polar surface area (TPSA) is 136 Å². The lowest BCUT2D eigenvalue weighted by molar-refractivity contribution is 0.0478. The van der Waals surface area contributed by atoms with Gasteiger partial charge in [0.25, 0.3) is 10.0 Å². The Labute approximate surface area is 229 Å². The van der Waals surface area contributed by atoms with Gasteiger partial charge in [0.2, 0.25) is 5.95 Å². The van der Waals surface area contributed by atoms with Gasteiger partial charge in [-0.15, -0.1) is 11.3 Å². The zero-order valence-electron chi connectivity index (χ0n) is 21.3. The summed E-state index contributed by atoms with van der Waals surface area (Å²) in [4.78, 5) is 30.9. The number of esters is 1. The number of hydrogen-bond donors (Lipinski definition) is 2. The molecule has 10 nitrogen and oxygen atoms in total. The molecule has 0 atom stereocenters. The number of aromatic nitrogens is 4. The molecule has 2 aromatic carbocycles. The Morgan fingerprint density at radius 1 is 0.949 bits per heavy atom. The van der Waals surface area contributed by atoms with Crippen molar-refractivity contribution in [2.45, 2.75) is 32.3 Å². The number of nitrogens with zero attached hydrogens (tertiary/aromatic N) is 4. The number of rotatable bonds is 8. The van der Waals surface area contributed by atoms with Gasteiger partial charge in [-0.1, -0.05) is 30.3 Å². The third kappa shape index (κ3) is 5.86. The molecule has 3 heterocycles. The number of carbonyl (C=O) groups excluding carboxylic acids is 1. The molecule has 2 N–H and O–H groups in total. The Balaban J connectivity index is 1.34. The van der Waals surface area contributed by atoms with Crippen LogP contribution in [-0.2, 0) is 21.4 Å². The van der Waals surface area contributed by atoms with Crippen LogP contribution in [0.3, 0.4) is 0 Å². The highest BCUT2D eigenvalue weighted by atomic mass is 32.2. The van der Waals surface area contributed by atoms with Crippen LogP contribution in [0, 0.1) is 20.8 Å². The van der Waals surface area contributed by atoms with Gasteiger partial charge in [-0.25, -0.2) is 37.9 Å². The van der Waals surface area contributed by atoms with E-state index in [0.717, 1.165) is 5.56 Å². The number of benzene rings is 2.